The van der Waals surface area contributed by atoms with E-state index >= 15 is 0 Å². The Morgan fingerprint density at radius 2 is 1.82 bits per heavy atom. The molecule has 38 heavy (non-hydrogen) atoms. The van der Waals surface area contributed by atoms with Gasteiger partial charge in [-0.05, 0) is 55.0 Å². The Morgan fingerprint density at radius 3 is 2.58 bits per heavy atom. The number of halogens is 2. The van der Waals surface area contributed by atoms with E-state index in [0.29, 0.717) is 38.5 Å². The molecule has 3 aromatic carbocycles. The number of nitrogens with zero attached hydrogens (tertiary/aromatic N) is 1. The van der Waals surface area contributed by atoms with E-state index in [-0.39, 0.29) is 16.7 Å². The molecule has 1 fully saturated rings. The molecule has 0 saturated carbocycles. The number of rotatable bonds is 5. The number of fused-ring (bicyclic) bond motifs is 2. The molecule has 0 aliphatic carbocycles. The van der Waals surface area contributed by atoms with Gasteiger partial charge in [-0.25, -0.2) is 4.90 Å². The van der Waals surface area contributed by atoms with Gasteiger partial charge in [-0.3, -0.25) is 14.4 Å². The first-order valence-corrected chi connectivity index (χ1v) is 14.7. The van der Waals surface area contributed by atoms with Crippen molar-refractivity contribution >= 4 is 68.1 Å². The van der Waals surface area contributed by atoms with E-state index in [1.807, 2.05) is 31.2 Å². The number of aryl methyl sites for hydroxylation is 1. The molecule has 6 nitrogen and oxygen atoms in total. The molecule has 0 radical (unpaired) electrons. The quantitative estimate of drug-likeness (QED) is 0.255. The molecular weight excluding hydrogens is 608 g/mol. The number of carbonyl (C=O) groups is 2. The molecule has 2 aliphatic rings. The molecule has 1 saturated heterocycles. The molecule has 1 N–H and O–H groups in total. The van der Waals surface area contributed by atoms with Crippen LogP contribution in [0.1, 0.15) is 27.5 Å². The third-order valence-electron chi connectivity index (χ3n) is 6.69. The number of carbonyl (C=O) groups excluding carboxylic acids is 2. The lowest BCUT2D eigenvalue weighted by atomic mass is 9.82. The maximum Gasteiger partial charge on any atom is 0.305 e. The Kier molecular flexibility index (Phi) is 6.72. The number of nitrogens with one attached hydrogen (secondary N) is 1. The van der Waals surface area contributed by atoms with Crippen LogP contribution in [0.2, 0.25) is 5.02 Å². The Bertz CT molecular complexity index is 1630. The van der Waals surface area contributed by atoms with Gasteiger partial charge in [0.25, 0.3) is 0 Å². The second-order valence-electron chi connectivity index (χ2n) is 9.20. The summed E-state index contributed by atoms with van der Waals surface area (Å²) in [6.07, 6.45) is 0. The van der Waals surface area contributed by atoms with Gasteiger partial charge < -0.3 is 9.72 Å². The molecule has 6 rings (SSSR count). The number of hydrogen-bond acceptors (Lipinski definition) is 6. The van der Waals surface area contributed by atoms with Crippen molar-refractivity contribution in [3.63, 3.8) is 0 Å². The summed E-state index contributed by atoms with van der Waals surface area (Å²) in [5, 5.41) is 0.385. The number of aromatic amines is 1. The normalized spacial score (nSPS) is 20.4. The highest BCUT2D eigenvalue weighted by atomic mass is 79.9. The van der Waals surface area contributed by atoms with Crippen molar-refractivity contribution in [2.45, 2.75) is 29.7 Å². The predicted molar refractivity (Wildman–Crippen MR) is 154 cm³/mol. The maximum atomic E-state index is 14.0. The van der Waals surface area contributed by atoms with Crippen LogP contribution in [0.25, 0.3) is 0 Å². The minimum absolute atomic E-state index is 0.235. The van der Waals surface area contributed by atoms with E-state index in [1.54, 1.807) is 42.5 Å². The van der Waals surface area contributed by atoms with Gasteiger partial charge in [-0.2, -0.15) is 0 Å². The summed E-state index contributed by atoms with van der Waals surface area (Å²) < 4.78 is 7.13. The number of ether oxygens (including phenoxy) is 1. The van der Waals surface area contributed by atoms with Gasteiger partial charge in [0.2, 0.25) is 11.8 Å². The standard InChI is InChI=1S/C28H20BrClN2O4S2/c1-14-3-2-4-15(11-14)13-36-20-10-7-17(30)12-19(20)21-22-24(37-25-23(21)38-28(35)31-25)27(34)32(26(22)33)18-8-5-16(29)6-9-18/h2-12,21-22,24H,13H2,1H3,(H,31,35)/t21-,22?,24?/m1/s1. The van der Waals surface area contributed by atoms with E-state index in [2.05, 4.69) is 20.9 Å². The number of aromatic nitrogens is 1. The largest absolute Gasteiger partial charge is 0.489 e. The SMILES string of the molecule is Cc1cccc(COc2ccc(Cl)cc2[C@H]2c3sc(=O)[nH]c3SC3C(=O)N(c4ccc(Br)cc4)C(=O)C32)c1. The smallest absolute Gasteiger partial charge is 0.305 e. The van der Waals surface area contributed by atoms with Crippen LogP contribution in [0.15, 0.2) is 81.0 Å². The van der Waals surface area contributed by atoms with Gasteiger partial charge in [0.1, 0.15) is 17.6 Å². The fourth-order valence-corrected chi connectivity index (χ4v) is 8.00. The summed E-state index contributed by atoms with van der Waals surface area (Å²) >= 11 is 12.2. The number of benzene rings is 3. The van der Waals surface area contributed by atoms with Crippen molar-refractivity contribution in [1.29, 1.82) is 0 Å². The fraction of sp³-hybridized carbons (Fsp3) is 0.179. The summed E-state index contributed by atoms with van der Waals surface area (Å²) in [6.45, 7) is 2.34. The number of thiazole rings is 1. The summed E-state index contributed by atoms with van der Waals surface area (Å²) in [4.78, 5) is 44.7. The van der Waals surface area contributed by atoms with Gasteiger partial charge in [0.15, 0.2) is 0 Å². The molecule has 192 valence electrons. The topological polar surface area (TPSA) is 79.5 Å². The average molecular weight is 628 g/mol. The zero-order chi connectivity index (χ0) is 26.6. The van der Waals surface area contributed by atoms with Gasteiger partial charge in [0.05, 0.1) is 16.6 Å². The maximum absolute atomic E-state index is 14.0. The summed E-state index contributed by atoms with van der Waals surface area (Å²) in [6, 6.07) is 20.4. The van der Waals surface area contributed by atoms with Crippen LogP contribution in [0.3, 0.4) is 0 Å². The second-order valence-corrected chi connectivity index (χ2v) is 12.7. The van der Waals surface area contributed by atoms with E-state index < -0.39 is 17.1 Å². The highest BCUT2D eigenvalue weighted by Crippen LogP contribution is 2.54. The van der Waals surface area contributed by atoms with Crippen molar-refractivity contribution in [1.82, 2.24) is 4.98 Å². The van der Waals surface area contributed by atoms with Crippen LogP contribution in [0.5, 0.6) is 5.75 Å². The Balaban J connectivity index is 1.45. The Morgan fingerprint density at radius 1 is 1.03 bits per heavy atom. The summed E-state index contributed by atoms with van der Waals surface area (Å²) in [5.41, 5.74) is 3.31. The van der Waals surface area contributed by atoms with Gasteiger partial charge in [0, 0.05) is 25.9 Å². The number of imide groups is 1. The fourth-order valence-electron chi connectivity index (χ4n) is 5.05. The lowest BCUT2D eigenvalue weighted by molar-refractivity contribution is -0.122. The molecule has 2 aliphatic heterocycles. The first kappa shape index (κ1) is 25.4. The number of anilines is 1. The zero-order valence-electron chi connectivity index (χ0n) is 19.9. The molecule has 10 heteroatoms. The van der Waals surface area contributed by atoms with Crippen molar-refractivity contribution < 1.29 is 14.3 Å². The molecule has 4 aromatic rings. The van der Waals surface area contributed by atoms with E-state index in [0.717, 1.165) is 26.9 Å². The lowest BCUT2D eigenvalue weighted by Gasteiger charge is -2.31. The zero-order valence-corrected chi connectivity index (χ0v) is 23.9. The highest BCUT2D eigenvalue weighted by molar-refractivity contribution is 9.10. The molecule has 3 atom stereocenters. The van der Waals surface area contributed by atoms with Crippen molar-refractivity contribution in [2.75, 3.05) is 4.90 Å². The van der Waals surface area contributed by atoms with Gasteiger partial charge >= 0.3 is 4.87 Å². The first-order valence-electron chi connectivity index (χ1n) is 11.8. The van der Waals surface area contributed by atoms with Gasteiger partial charge in [-0.15, -0.1) is 0 Å². The molecule has 0 bridgehead atoms. The average Bonchev–Trinajstić information content (AvgIpc) is 3.38. The summed E-state index contributed by atoms with van der Waals surface area (Å²) in [7, 11) is 0. The van der Waals surface area contributed by atoms with E-state index in [4.69, 9.17) is 16.3 Å². The molecule has 1 aromatic heterocycles. The second kappa shape index (κ2) is 10.0. The molecular formula is C28H20BrClN2O4S2. The lowest BCUT2D eigenvalue weighted by Crippen LogP contribution is -2.32. The van der Waals surface area contributed by atoms with Crippen LogP contribution in [0.4, 0.5) is 5.69 Å². The first-order chi connectivity index (χ1) is 18.3. The van der Waals surface area contributed by atoms with Crippen LogP contribution in [-0.2, 0) is 16.2 Å². The Hall–Kier alpha value is -2.85. The number of amides is 2. The summed E-state index contributed by atoms with van der Waals surface area (Å²) in [5.74, 6) is -1.37. The molecule has 0 spiro atoms. The van der Waals surface area contributed by atoms with Crippen LogP contribution >= 0.6 is 50.6 Å². The highest BCUT2D eigenvalue weighted by Gasteiger charge is 2.56. The molecule has 2 unspecified atom stereocenters. The van der Waals surface area contributed by atoms with Crippen LogP contribution in [-0.4, -0.2) is 22.0 Å². The number of hydrogen-bond donors (Lipinski definition) is 1. The molecule has 2 amide bonds. The van der Waals surface area contributed by atoms with E-state index in [1.165, 1.54) is 16.7 Å². The Labute approximate surface area is 240 Å². The van der Waals surface area contributed by atoms with Crippen molar-refractivity contribution in [2.24, 2.45) is 5.92 Å². The third kappa shape index (κ3) is 4.51. The van der Waals surface area contributed by atoms with Gasteiger partial charge in [-0.1, -0.05) is 80.5 Å². The third-order valence-corrected chi connectivity index (χ3v) is 9.86. The minimum atomic E-state index is -0.727. The monoisotopic (exact) mass is 626 g/mol. The number of thioether (sulfide) groups is 1. The van der Waals surface area contributed by atoms with Crippen molar-refractivity contribution in [3.8, 4) is 5.75 Å². The van der Waals surface area contributed by atoms with Crippen LogP contribution < -0.4 is 14.5 Å². The minimum Gasteiger partial charge on any atom is -0.489 e. The van der Waals surface area contributed by atoms with Crippen molar-refractivity contribution in [3.05, 3.63) is 107 Å². The van der Waals surface area contributed by atoms with Crippen LogP contribution in [0, 0.1) is 12.8 Å². The molecule has 3 heterocycles. The van der Waals surface area contributed by atoms with E-state index in [9.17, 15) is 14.4 Å². The number of H-pyrrole nitrogens is 1. The predicted octanol–water partition coefficient (Wildman–Crippen LogP) is 6.54.